The van der Waals surface area contributed by atoms with Gasteiger partial charge in [0.1, 0.15) is 10.9 Å². The van der Waals surface area contributed by atoms with Gasteiger partial charge in [0.15, 0.2) is 11.9 Å². The lowest BCUT2D eigenvalue weighted by molar-refractivity contribution is -0.898. The highest BCUT2D eigenvalue weighted by Crippen LogP contribution is 2.03. The number of likely N-dealkylation sites (N-methyl/N-ethyl adjacent to an activating group) is 1. The number of aromatic nitrogens is 2. The van der Waals surface area contributed by atoms with Crippen LogP contribution in [0, 0.1) is 6.92 Å². The van der Waals surface area contributed by atoms with E-state index >= 15 is 0 Å². The molecule has 0 bridgehead atoms. The Balaban J connectivity index is 0.000000503. The van der Waals surface area contributed by atoms with E-state index in [0.29, 0.717) is 0 Å². The second-order valence-corrected chi connectivity index (χ2v) is 8.09. The number of nitrogens with zero attached hydrogens (tertiary/aromatic N) is 1. The number of benzene rings is 2. The Bertz CT molecular complexity index is 1240. The van der Waals surface area contributed by atoms with Gasteiger partial charge in [0.2, 0.25) is 0 Å². The summed E-state index contributed by atoms with van der Waals surface area (Å²) in [5.41, 5.74) is 2.42. The quantitative estimate of drug-likeness (QED) is 0.260. The maximum Gasteiger partial charge on any atom is 0.351 e. The van der Waals surface area contributed by atoms with E-state index in [2.05, 4.69) is 42.2 Å². The van der Waals surface area contributed by atoms with Crippen molar-refractivity contribution in [3.05, 3.63) is 76.3 Å². The van der Waals surface area contributed by atoms with E-state index in [9.17, 15) is 4.79 Å². The average molecular weight is 530 g/mol. The van der Waals surface area contributed by atoms with Crippen LogP contribution in [0.4, 0.5) is 0 Å². The van der Waals surface area contributed by atoms with Gasteiger partial charge in [0.05, 0.1) is 26.2 Å². The van der Waals surface area contributed by atoms with Gasteiger partial charge >= 0.3 is 17.5 Å². The molecule has 4 N–H and O–H groups in total. The highest BCUT2D eigenvalue weighted by Gasteiger charge is 2.15. The van der Waals surface area contributed by atoms with Crippen molar-refractivity contribution in [1.82, 2.24) is 4.57 Å². The number of rotatable bonds is 8. The van der Waals surface area contributed by atoms with Crippen LogP contribution >= 0.6 is 0 Å². The van der Waals surface area contributed by atoms with Crippen molar-refractivity contribution in [2.24, 2.45) is 0 Å². The molecule has 0 saturated carbocycles. The Morgan fingerprint density at radius 3 is 1.95 bits per heavy atom. The van der Waals surface area contributed by atoms with Crippen LogP contribution in [0.25, 0.3) is 10.9 Å². The first kappa shape index (κ1) is 31.4. The highest BCUT2D eigenvalue weighted by molar-refractivity contribution is 6.26. The molecule has 0 spiro atoms. The van der Waals surface area contributed by atoms with Gasteiger partial charge in [-0.05, 0) is 24.6 Å². The van der Waals surface area contributed by atoms with Crippen LogP contribution in [-0.4, -0.2) is 58.3 Å². The summed E-state index contributed by atoms with van der Waals surface area (Å²) in [7, 11) is 0. The third kappa shape index (κ3) is 11.0. The number of hydrogen-bond donors (Lipinski definition) is 3. The van der Waals surface area contributed by atoms with E-state index in [0.717, 1.165) is 55.7 Å². The smallest absolute Gasteiger partial charge is 0.351 e. The lowest BCUT2D eigenvalue weighted by atomic mass is 10.1. The van der Waals surface area contributed by atoms with E-state index in [4.69, 9.17) is 39.6 Å². The van der Waals surface area contributed by atoms with Crippen molar-refractivity contribution >= 4 is 34.8 Å². The van der Waals surface area contributed by atoms with E-state index < -0.39 is 23.9 Å². The first-order valence-electron chi connectivity index (χ1n) is 11.7. The number of nitrogens with one attached hydrogen (secondary N) is 2. The number of carboxylic acids is 4. The largest absolute Gasteiger partial charge is 0.539 e. The molecule has 2 aromatic carbocycles. The Labute approximate surface area is 218 Å². The molecule has 0 aliphatic rings. The molecule has 1 heterocycles. The monoisotopic (exact) mass is 529 g/mol. The van der Waals surface area contributed by atoms with Crippen molar-refractivity contribution in [1.29, 1.82) is 0 Å². The number of para-hydroxylation sites is 1. The van der Waals surface area contributed by atoms with Crippen LogP contribution in [0.5, 0.6) is 0 Å². The third-order valence-electron chi connectivity index (χ3n) is 5.49. The predicted molar refractivity (Wildman–Crippen MR) is 131 cm³/mol. The summed E-state index contributed by atoms with van der Waals surface area (Å²) >= 11 is 0. The van der Waals surface area contributed by atoms with Crippen LogP contribution in [0.3, 0.4) is 0 Å². The second-order valence-electron chi connectivity index (χ2n) is 8.09. The minimum atomic E-state index is -2.07. The number of aryl methyl sites for hydroxylation is 1. The second kappa shape index (κ2) is 16.2. The van der Waals surface area contributed by atoms with Gasteiger partial charge in [-0.1, -0.05) is 42.5 Å². The van der Waals surface area contributed by atoms with E-state index in [-0.39, 0.29) is 5.56 Å². The predicted octanol–water partition coefficient (Wildman–Crippen LogP) is -2.70. The molecule has 0 amide bonds. The van der Waals surface area contributed by atoms with E-state index in [1.807, 2.05) is 35.8 Å². The summed E-state index contributed by atoms with van der Waals surface area (Å²) in [6.07, 6.45) is 2.11. The summed E-state index contributed by atoms with van der Waals surface area (Å²) in [6.45, 7) is 8.32. The van der Waals surface area contributed by atoms with Crippen molar-refractivity contribution < 1.29 is 49.5 Å². The number of H-pyrrole nitrogens is 1. The van der Waals surface area contributed by atoms with Crippen LogP contribution in [0.1, 0.15) is 24.7 Å². The normalized spacial score (nSPS) is 10.8. The molecular formula is C26H31N3O9. The van der Waals surface area contributed by atoms with Crippen LogP contribution in [0.2, 0.25) is 0 Å². The summed E-state index contributed by atoms with van der Waals surface area (Å²) in [5.74, 6) is -7.09. The van der Waals surface area contributed by atoms with Crippen LogP contribution < -0.4 is 25.7 Å². The van der Waals surface area contributed by atoms with Gasteiger partial charge in [0.25, 0.3) is 5.82 Å². The Morgan fingerprint density at radius 1 is 0.895 bits per heavy atom. The first-order valence-corrected chi connectivity index (χ1v) is 11.7. The molecule has 1 atom stereocenters. The SMILES string of the molecule is CC[NH+](CCCn1c(C)[nH+]c2ccccc2c1=O)CCc1ccccc1.O=C([O-])C(=O)O.O=C([O-])C(=O)O. The van der Waals surface area contributed by atoms with Crippen molar-refractivity contribution in [3.8, 4) is 0 Å². The Morgan fingerprint density at radius 2 is 1.42 bits per heavy atom. The summed E-state index contributed by atoms with van der Waals surface area (Å²) in [6, 6.07) is 18.4. The Kier molecular flexibility index (Phi) is 13.4. The van der Waals surface area contributed by atoms with Gasteiger partial charge < -0.3 is 34.9 Å². The minimum Gasteiger partial charge on any atom is -0.539 e. The zero-order chi connectivity index (χ0) is 28.7. The zero-order valence-electron chi connectivity index (χ0n) is 21.1. The van der Waals surface area contributed by atoms with Crippen molar-refractivity contribution in [2.75, 3.05) is 19.6 Å². The number of carboxylic acid groups (broad SMARTS) is 4. The zero-order valence-corrected chi connectivity index (χ0v) is 21.1. The molecule has 38 heavy (non-hydrogen) atoms. The standard InChI is InChI=1S/C22H27N3O.2C2H2O4/c1-3-24(17-14-19-10-5-4-6-11-19)15-9-16-25-18(2)23-21-13-8-7-12-20(21)22(25)26;2*3-1(4)2(5)6/h4-8,10-13H,3,9,14-17H2,1-2H3;2*(H,3,4)(H,5,6). The lowest BCUT2D eigenvalue weighted by Gasteiger charge is -2.17. The maximum atomic E-state index is 12.7. The summed E-state index contributed by atoms with van der Waals surface area (Å²) in [4.78, 5) is 53.7. The minimum absolute atomic E-state index is 0.110. The van der Waals surface area contributed by atoms with Crippen molar-refractivity contribution in [3.63, 3.8) is 0 Å². The molecule has 0 saturated heterocycles. The van der Waals surface area contributed by atoms with E-state index in [1.54, 1.807) is 4.90 Å². The molecule has 1 aromatic heterocycles. The molecule has 1 unspecified atom stereocenters. The molecule has 12 heteroatoms. The van der Waals surface area contributed by atoms with Gasteiger partial charge in [-0.15, -0.1) is 0 Å². The fraction of sp³-hybridized carbons (Fsp3) is 0.308. The van der Waals surface area contributed by atoms with Gasteiger partial charge in [-0.2, -0.15) is 4.57 Å². The van der Waals surface area contributed by atoms with Crippen molar-refractivity contribution in [2.45, 2.75) is 33.2 Å². The molecule has 204 valence electrons. The Hall–Kier alpha value is -4.58. The molecule has 0 radical (unpaired) electrons. The average Bonchev–Trinajstić information content (AvgIpc) is 2.89. The maximum absolute atomic E-state index is 12.7. The van der Waals surface area contributed by atoms with Gasteiger partial charge in [-0.3, -0.25) is 0 Å². The number of aliphatic carboxylic acids is 4. The molecule has 0 fully saturated rings. The topological polar surface area (TPSA) is 195 Å². The number of hydrogen-bond acceptors (Lipinski definition) is 7. The first-order chi connectivity index (χ1) is 18.0. The third-order valence-corrected chi connectivity index (χ3v) is 5.49. The summed E-state index contributed by atoms with van der Waals surface area (Å²) in [5, 5.41) is 33.4. The van der Waals surface area contributed by atoms with Gasteiger partial charge in [0, 0.05) is 19.8 Å². The molecule has 0 aliphatic heterocycles. The fourth-order valence-corrected chi connectivity index (χ4v) is 3.54. The lowest BCUT2D eigenvalue weighted by Crippen LogP contribution is -3.12. The van der Waals surface area contributed by atoms with Crippen LogP contribution in [0.15, 0.2) is 59.4 Å². The number of carbonyl (C=O) groups excluding carboxylic acids is 2. The van der Waals surface area contributed by atoms with Gasteiger partial charge in [-0.25, -0.2) is 19.4 Å². The number of carbonyl (C=O) groups is 4. The van der Waals surface area contributed by atoms with Crippen LogP contribution in [-0.2, 0) is 32.1 Å². The molecule has 3 aromatic rings. The number of quaternary nitrogens is 1. The molecule has 12 nitrogen and oxygen atoms in total. The highest BCUT2D eigenvalue weighted by atomic mass is 16.4. The molecule has 3 rings (SSSR count). The fourth-order valence-electron chi connectivity index (χ4n) is 3.54. The molecular weight excluding hydrogens is 498 g/mol. The summed E-state index contributed by atoms with van der Waals surface area (Å²) < 4.78 is 1.88. The van der Waals surface area contributed by atoms with E-state index in [1.165, 1.54) is 5.56 Å². The number of fused-ring (bicyclic) bond motifs is 1. The number of aromatic amines is 1. The molecule has 0 aliphatic carbocycles.